The Bertz CT molecular complexity index is 441. The number of hydrogen-bond acceptors (Lipinski definition) is 3. The lowest BCUT2D eigenvalue weighted by atomic mass is 9.98. The number of thioether (sulfide) groups is 1. The number of aliphatic carboxylic acids is 1. The molecule has 0 amide bonds. The third-order valence-electron chi connectivity index (χ3n) is 3.02. The van der Waals surface area contributed by atoms with E-state index in [1.54, 1.807) is 11.8 Å². The molecule has 0 spiro atoms. The molecule has 2 N–H and O–H groups in total. The Labute approximate surface area is 106 Å². The van der Waals surface area contributed by atoms with Gasteiger partial charge in [0.15, 0.2) is 0 Å². The van der Waals surface area contributed by atoms with Crippen molar-refractivity contribution in [3.8, 4) is 0 Å². The molecule has 1 aliphatic heterocycles. The van der Waals surface area contributed by atoms with Gasteiger partial charge in [0.05, 0.1) is 11.2 Å². The van der Waals surface area contributed by atoms with Gasteiger partial charge < -0.3 is 10.4 Å². The van der Waals surface area contributed by atoms with Crippen molar-refractivity contribution < 1.29 is 9.90 Å². The lowest BCUT2D eigenvalue weighted by molar-refractivity contribution is -0.138. The highest BCUT2D eigenvalue weighted by Gasteiger charge is 2.40. The van der Waals surface area contributed by atoms with Crippen LogP contribution in [-0.4, -0.2) is 28.9 Å². The molecule has 92 valence electrons. The van der Waals surface area contributed by atoms with E-state index in [4.69, 9.17) is 5.11 Å². The van der Waals surface area contributed by atoms with Crippen molar-refractivity contribution in [2.24, 2.45) is 0 Å². The summed E-state index contributed by atoms with van der Waals surface area (Å²) in [6, 6.07) is 6.32. The maximum atomic E-state index is 10.9. The van der Waals surface area contributed by atoms with Gasteiger partial charge in [0.2, 0.25) is 0 Å². The number of carboxylic acid groups (broad SMARTS) is 1. The fourth-order valence-corrected chi connectivity index (χ4v) is 3.43. The Morgan fingerprint density at radius 2 is 2.18 bits per heavy atom. The Hall–Kier alpha value is -1.00. The zero-order valence-electron chi connectivity index (χ0n) is 10.1. The van der Waals surface area contributed by atoms with Crippen LogP contribution >= 0.6 is 11.8 Å². The predicted molar refractivity (Wildman–Crippen MR) is 69.6 cm³/mol. The molecular formula is C13H17NO2S. The summed E-state index contributed by atoms with van der Waals surface area (Å²) in [4.78, 5) is 12.1. The summed E-state index contributed by atoms with van der Waals surface area (Å²) in [7, 11) is 0. The van der Waals surface area contributed by atoms with Gasteiger partial charge in [-0.2, -0.15) is 0 Å². The van der Waals surface area contributed by atoms with Crippen molar-refractivity contribution in [3.05, 3.63) is 29.3 Å². The molecule has 0 aliphatic carbocycles. The molecule has 1 aromatic rings. The molecule has 0 aromatic heterocycles. The summed E-state index contributed by atoms with van der Waals surface area (Å²) in [5, 5.41) is 12.1. The first-order valence-corrected chi connectivity index (χ1v) is 6.51. The van der Waals surface area contributed by atoms with Crippen molar-refractivity contribution >= 4 is 17.7 Å². The lowest BCUT2D eigenvalue weighted by Crippen LogP contribution is -2.58. The fourth-order valence-electron chi connectivity index (χ4n) is 2.06. The predicted octanol–water partition coefficient (Wildman–Crippen LogP) is 2.21. The molecule has 0 unspecified atom stereocenters. The van der Waals surface area contributed by atoms with Gasteiger partial charge in [-0.3, -0.25) is 4.79 Å². The number of nitrogens with one attached hydrogen (secondary N) is 1. The molecule has 0 saturated carbocycles. The summed E-state index contributed by atoms with van der Waals surface area (Å²) in [5.74, 6) is -0.719. The molecule has 1 aliphatic rings. The number of hydrogen-bond donors (Lipinski definition) is 2. The zero-order chi connectivity index (χ0) is 12.5. The molecule has 0 bridgehead atoms. The Kier molecular flexibility index (Phi) is 3.45. The highest BCUT2D eigenvalue weighted by Crippen LogP contribution is 2.40. The monoisotopic (exact) mass is 251 g/mol. The van der Waals surface area contributed by atoms with Crippen LogP contribution in [0.3, 0.4) is 0 Å². The Morgan fingerprint density at radius 1 is 1.47 bits per heavy atom. The van der Waals surface area contributed by atoms with Gasteiger partial charge in [0.1, 0.15) is 0 Å². The van der Waals surface area contributed by atoms with Gasteiger partial charge in [-0.25, -0.2) is 0 Å². The van der Waals surface area contributed by atoms with Crippen LogP contribution in [0.4, 0.5) is 0 Å². The van der Waals surface area contributed by atoms with Crippen molar-refractivity contribution in [1.82, 2.24) is 5.32 Å². The molecule has 1 fully saturated rings. The molecule has 0 radical (unpaired) electrons. The SMILES string of the molecule is Cc1ccc(SC2(CC(=O)O)CNC2)c(C)c1. The van der Waals surface area contributed by atoms with Crippen LogP contribution in [-0.2, 0) is 4.79 Å². The largest absolute Gasteiger partial charge is 0.481 e. The van der Waals surface area contributed by atoms with E-state index in [9.17, 15) is 4.79 Å². The van der Waals surface area contributed by atoms with Crippen LogP contribution in [0, 0.1) is 13.8 Å². The van der Waals surface area contributed by atoms with E-state index in [-0.39, 0.29) is 11.2 Å². The van der Waals surface area contributed by atoms with E-state index >= 15 is 0 Å². The van der Waals surface area contributed by atoms with Gasteiger partial charge >= 0.3 is 5.97 Å². The number of aryl methyl sites for hydroxylation is 2. The van der Waals surface area contributed by atoms with Gasteiger partial charge in [-0.15, -0.1) is 11.8 Å². The van der Waals surface area contributed by atoms with Crippen molar-refractivity contribution in [1.29, 1.82) is 0 Å². The van der Waals surface area contributed by atoms with Crippen LogP contribution in [0.15, 0.2) is 23.1 Å². The minimum Gasteiger partial charge on any atom is -0.481 e. The fraction of sp³-hybridized carbons (Fsp3) is 0.462. The summed E-state index contributed by atoms with van der Waals surface area (Å²) >= 11 is 1.70. The van der Waals surface area contributed by atoms with Gasteiger partial charge in [-0.05, 0) is 25.5 Å². The van der Waals surface area contributed by atoms with Gasteiger partial charge in [-0.1, -0.05) is 17.7 Å². The topological polar surface area (TPSA) is 49.3 Å². The molecule has 1 saturated heterocycles. The third kappa shape index (κ3) is 2.82. The van der Waals surface area contributed by atoms with E-state index < -0.39 is 5.97 Å². The minimum absolute atomic E-state index is 0.161. The molecule has 17 heavy (non-hydrogen) atoms. The van der Waals surface area contributed by atoms with E-state index in [1.807, 2.05) is 0 Å². The maximum absolute atomic E-state index is 10.9. The highest BCUT2D eigenvalue weighted by molar-refractivity contribution is 8.00. The van der Waals surface area contributed by atoms with E-state index in [0.29, 0.717) is 0 Å². The van der Waals surface area contributed by atoms with Crippen molar-refractivity contribution in [2.45, 2.75) is 29.9 Å². The lowest BCUT2D eigenvalue weighted by Gasteiger charge is -2.41. The van der Waals surface area contributed by atoms with Gasteiger partial charge in [0.25, 0.3) is 0 Å². The van der Waals surface area contributed by atoms with Crippen molar-refractivity contribution in [2.75, 3.05) is 13.1 Å². The highest BCUT2D eigenvalue weighted by atomic mass is 32.2. The quantitative estimate of drug-likeness (QED) is 0.861. The minimum atomic E-state index is -0.719. The third-order valence-corrected chi connectivity index (χ3v) is 4.57. The molecular weight excluding hydrogens is 234 g/mol. The maximum Gasteiger partial charge on any atom is 0.304 e. The summed E-state index contributed by atoms with van der Waals surface area (Å²) in [6.45, 7) is 5.70. The smallest absolute Gasteiger partial charge is 0.304 e. The first-order valence-electron chi connectivity index (χ1n) is 5.70. The van der Waals surface area contributed by atoms with Crippen molar-refractivity contribution in [3.63, 3.8) is 0 Å². The zero-order valence-corrected chi connectivity index (χ0v) is 10.9. The number of carbonyl (C=O) groups is 1. The molecule has 1 heterocycles. The first-order chi connectivity index (χ1) is 8.01. The molecule has 4 heteroatoms. The molecule has 1 aromatic carbocycles. The second kappa shape index (κ2) is 4.70. The van der Waals surface area contributed by atoms with Crippen LogP contribution in [0.2, 0.25) is 0 Å². The first kappa shape index (κ1) is 12.5. The normalized spacial score (nSPS) is 17.5. The molecule has 0 atom stereocenters. The van der Waals surface area contributed by atoms with Crippen LogP contribution in [0.1, 0.15) is 17.5 Å². The number of benzene rings is 1. The average Bonchev–Trinajstić information content (AvgIpc) is 2.18. The summed E-state index contributed by atoms with van der Waals surface area (Å²) < 4.78 is -0.161. The summed E-state index contributed by atoms with van der Waals surface area (Å²) in [5.41, 5.74) is 2.47. The van der Waals surface area contributed by atoms with Crippen LogP contribution in [0.25, 0.3) is 0 Å². The Balaban J connectivity index is 2.15. The van der Waals surface area contributed by atoms with Crippen LogP contribution < -0.4 is 5.32 Å². The second-order valence-corrected chi connectivity index (χ2v) is 6.24. The standard InChI is InChI=1S/C13H17NO2S/c1-9-3-4-11(10(2)5-9)17-13(6-12(15)16)7-14-8-13/h3-5,14H,6-8H2,1-2H3,(H,15,16). The molecule has 3 nitrogen and oxygen atoms in total. The summed E-state index contributed by atoms with van der Waals surface area (Å²) in [6.07, 6.45) is 0.220. The van der Waals surface area contributed by atoms with E-state index in [2.05, 4.69) is 37.4 Å². The average molecular weight is 251 g/mol. The number of rotatable bonds is 4. The second-order valence-electron chi connectivity index (χ2n) is 4.73. The Morgan fingerprint density at radius 3 is 2.65 bits per heavy atom. The molecule has 2 rings (SSSR count). The van der Waals surface area contributed by atoms with E-state index in [0.717, 1.165) is 13.1 Å². The number of carboxylic acids is 1. The van der Waals surface area contributed by atoms with Crippen LogP contribution in [0.5, 0.6) is 0 Å². The van der Waals surface area contributed by atoms with Gasteiger partial charge in [0, 0.05) is 18.0 Å². The van der Waals surface area contributed by atoms with E-state index in [1.165, 1.54) is 16.0 Å².